The van der Waals surface area contributed by atoms with E-state index in [0.29, 0.717) is 29.3 Å². The number of halogens is 1. The molecule has 26 heavy (non-hydrogen) atoms. The van der Waals surface area contributed by atoms with Gasteiger partial charge in [0.15, 0.2) is 0 Å². The number of benzene rings is 2. The molecule has 2 amide bonds. The van der Waals surface area contributed by atoms with E-state index >= 15 is 0 Å². The lowest BCUT2D eigenvalue weighted by atomic mass is 10.1. The second-order valence-corrected chi connectivity index (χ2v) is 7.42. The molecular weight excluding hydrogens is 353 g/mol. The molecule has 2 heterocycles. The Hall–Kier alpha value is -2.51. The van der Waals surface area contributed by atoms with Crippen molar-refractivity contribution in [2.75, 3.05) is 25.0 Å². The highest BCUT2D eigenvalue weighted by atomic mass is 32.1. The second kappa shape index (κ2) is 7.01. The molecule has 0 aliphatic carbocycles. The topological polar surface area (TPSA) is 65.5 Å². The highest BCUT2D eigenvalue weighted by molar-refractivity contribution is 7.21. The van der Waals surface area contributed by atoms with Gasteiger partial charge < -0.3 is 15.3 Å². The molecule has 1 unspecified atom stereocenters. The molecule has 4 rings (SSSR count). The van der Waals surface area contributed by atoms with E-state index in [-0.39, 0.29) is 24.4 Å². The predicted octanol–water partition coefficient (Wildman–Crippen LogP) is 3.95. The average Bonchev–Trinajstić information content (AvgIpc) is 3.29. The molecule has 2 aromatic carbocycles. The number of thiazole rings is 1. The first-order valence-corrected chi connectivity index (χ1v) is 9.28. The molecule has 0 saturated carbocycles. The number of fused-ring (bicyclic) bond motifs is 1. The lowest BCUT2D eigenvalue weighted by Gasteiger charge is -2.18. The quantitative estimate of drug-likeness (QED) is 0.733. The van der Waals surface area contributed by atoms with Crippen LogP contribution in [0.3, 0.4) is 0 Å². The number of nitrogens with zero attached hydrogens (tertiary/aromatic N) is 2. The number of aliphatic hydroxyl groups is 1. The summed E-state index contributed by atoms with van der Waals surface area (Å²) in [7, 11) is 0. The summed E-state index contributed by atoms with van der Waals surface area (Å²) in [5, 5.41) is 12.8. The zero-order valence-corrected chi connectivity index (χ0v) is 14.8. The van der Waals surface area contributed by atoms with E-state index in [0.717, 1.165) is 16.6 Å². The number of para-hydroxylation sites is 1. The molecule has 1 aliphatic rings. The predicted molar refractivity (Wildman–Crippen MR) is 101 cm³/mol. The lowest BCUT2D eigenvalue weighted by Crippen LogP contribution is -2.33. The molecule has 1 aromatic heterocycles. The van der Waals surface area contributed by atoms with Crippen molar-refractivity contribution in [2.24, 2.45) is 5.92 Å². The van der Waals surface area contributed by atoms with Crippen molar-refractivity contribution in [3.05, 3.63) is 48.3 Å². The zero-order valence-electron chi connectivity index (χ0n) is 14.0. The lowest BCUT2D eigenvalue weighted by molar-refractivity contribution is 0.209. The Bertz CT molecular complexity index is 926. The molecule has 0 bridgehead atoms. The second-order valence-electron chi connectivity index (χ2n) is 6.39. The highest BCUT2D eigenvalue weighted by Gasteiger charge is 2.26. The highest BCUT2D eigenvalue weighted by Crippen LogP contribution is 2.35. The van der Waals surface area contributed by atoms with Crippen molar-refractivity contribution in [1.82, 2.24) is 9.88 Å². The Morgan fingerprint density at radius 2 is 2.19 bits per heavy atom. The van der Waals surface area contributed by atoms with Gasteiger partial charge in [0.1, 0.15) is 10.8 Å². The van der Waals surface area contributed by atoms with E-state index in [1.54, 1.807) is 11.0 Å². The van der Waals surface area contributed by atoms with Gasteiger partial charge in [-0.1, -0.05) is 12.1 Å². The van der Waals surface area contributed by atoms with Gasteiger partial charge in [-0.2, -0.15) is 0 Å². The third-order valence-corrected chi connectivity index (χ3v) is 5.65. The fraction of sp³-hybridized carbons (Fsp3) is 0.263. The Morgan fingerprint density at radius 3 is 2.96 bits per heavy atom. The molecule has 1 atom stereocenters. The molecule has 5 nitrogen and oxygen atoms in total. The number of aromatic nitrogens is 1. The molecule has 3 aromatic rings. The molecule has 0 radical (unpaired) electrons. The molecule has 7 heteroatoms. The first-order chi connectivity index (χ1) is 12.6. The van der Waals surface area contributed by atoms with Gasteiger partial charge in [-0.15, -0.1) is 11.3 Å². The van der Waals surface area contributed by atoms with Crippen LogP contribution in [0.2, 0.25) is 0 Å². The number of nitrogens with one attached hydrogen (secondary N) is 1. The van der Waals surface area contributed by atoms with Crippen LogP contribution >= 0.6 is 11.3 Å². The first kappa shape index (κ1) is 16.9. The Labute approximate surface area is 154 Å². The Morgan fingerprint density at radius 1 is 1.35 bits per heavy atom. The van der Waals surface area contributed by atoms with Gasteiger partial charge in [0, 0.05) is 31.2 Å². The number of likely N-dealkylation sites (tertiary alicyclic amines) is 1. The van der Waals surface area contributed by atoms with Crippen LogP contribution in [0.5, 0.6) is 0 Å². The van der Waals surface area contributed by atoms with Gasteiger partial charge in [0.2, 0.25) is 0 Å². The van der Waals surface area contributed by atoms with Crippen molar-refractivity contribution < 1.29 is 14.3 Å². The number of aliphatic hydroxyl groups excluding tert-OH is 1. The number of anilines is 1. The van der Waals surface area contributed by atoms with Crippen LogP contribution in [0.15, 0.2) is 42.5 Å². The maximum absolute atomic E-state index is 13.8. The molecule has 1 fully saturated rings. The maximum atomic E-state index is 13.8. The molecule has 134 valence electrons. The van der Waals surface area contributed by atoms with Crippen molar-refractivity contribution in [3.63, 3.8) is 0 Å². The minimum Gasteiger partial charge on any atom is -0.396 e. The number of carbonyl (C=O) groups excluding carboxylic acids is 1. The summed E-state index contributed by atoms with van der Waals surface area (Å²) < 4.78 is 14.9. The minimum absolute atomic E-state index is 0.0806. The van der Waals surface area contributed by atoms with E-state index in [1.807, 2.05) is 24.3 Å². The van der Waals surface area contributed by atoms with Crippen LogP contribution in [-0.2, 0) is 0 Å². The van der Waals surface area contributed by atoms with Gasteiger partial charge in [-0.05, 0) is 36.8 Å². The van der Waals surface area contributed by atoms with Crippen molar-refractivity contribution >= 4 is 33.3 Å². The monoisotopic (exact) mass is 371 g/mol. The smallest absolute Gasteiger partial charge is 0.321 e. The van der Waals surface area contributed by atoms with Crippen LogP contribution in [-0.4, -0.2) is 40.7 Å². The fourth-order valence-electron chi connectivity index (χ4n) is 3.15. The first-order valence-electron chi connectivity index (χ1n) is 8.46. The van der Waals surface area contributed by atoms with Crippen molar-refractivity contribution in [2.45, 2.75) is 6.42 Å². The van der Waals surface area contributed by atoms with E-state index in [9.17, 15) is 14.3 Å². The third kappa shape index (κ3) is 3.27. The average molecular weight is 371 g/mol. The standard InChI is InChI=1S/C19H18FN3O2S/c20-13-5-6-15(22-19(25)23-8-7-12(10-23)11-24)14(9-13)18-21-16-3-1-2-4-17(16)26-18/h1-6,9,12,24H,7-8,10-11H2,(H,22,25). The van der Waals surface area contributed by atoms with E-state index in [1.165, 1.54) is 23.5 Å². The Kier molecular flexibility index (Phi) is 4.57. The van der Waals surface area contributed by atoms with Gasteiger partial charge in [-0.3, -0.25) is 0 Å². The van der Waals surface area contributed by atoms with E-state index in [4.69, 9.17) is 0 Å². The number of carbonyl (C=O) groups is 1. The van der Waals surface area contributed by atoms with Crippen LogP contribution in [0, 0.1) is 11.7 Å². The zero-order chi connectivity index (χ0) is 18.1. The van der Waals surface area contributed by atoms with E-state index in [2.05, 4.69) is 10.3 Å². The third-order valence-electron chi connectivity index (χ3n) is 4.58. The minimum atomic E-state index is -0.376. The SMILES string of the molecule is O=C(Nc1ccc(F)cc1-c1nc2ccccc2s1)N1CCC(CO)C1. The van der Waals surface area contributed by atoms with Crippen LogP contribution in [0.4, 0.5) is 14.9 Å². The summed E-state index contributed by atoms with van der Waals surface area (Å²) in [6, 6.07) is 11.8. The van der Waals surface area contributed by atoms with Crippen molar-refractivity contribution in [3.8, 4) is 10.6 Å². The summed E-state index contributed by atoms with van der Waals surface area (Å²) >= 11 is 1.46. The summed E-state index contributed by atoms with van der Waals surface area (Å²) in [4.78, 5) is 18.8. The van der Waals surface area contributed by atoms with Gasteiger partial charge in [-0.25, -0.2) is 14.2 Å². The Balaban J connectivity index is 1.64. The summed E-state index contributed by atoms with van der Waals surface area (Å²) in [5.74, 6) is -0.253. The molecule has 1 saturated heterocycles. The number of hydrogen-bond acceptors (Lipinski definition) is 4. The normalized spacial score (nSPS) is 17.0. The van der Waals surface area contributed by atoms with Crippen LogP contribution in [0.25, 0.3) is 20.8 Å². The molecule has 0 spiro atoms. The largest absolute Gasteiger partial charge is 0.396 e. The molecule has 2 N–H and O–H groups in total. The van der Waals surface area contributed by atoms with Gasteiger partial charge >= 0.3 is 6.03 Å². The number of amides is 2. The molecular formula is C19H18FN3O2S. The van der Waals surface area contributed by atoms with Gasteiger partial charge in [0.05, 0.1) is 15.9 Å². The summed E-state index contributed by atoms with van der Waals surface area (Å²) in [5.41, 5.74) is 1.94. The number of rotatable bonds is 3. The van der Waals surface area contributed by atoms with Crippen LogP contribution in [0.1, 0.15) is 6.42 Å². The number of urea groups is 1. The van der Waals surface area contributed by atoms with E-state index < -0.39 is 0 Å². The fourth-order valence-corrected chi connectivity index (χ4v) is 4.15. The summed E-state index contributed by atoms with van der Waals surface area (Å²) in [6.45, 7) is 1.21. The van der Waals surface area contributed by atoms with Crippen molar-refractivity contribution in [1.29, 1.82) is 0 Å². The maximum Gasteiger partial charge on any atom is 0.321 e. The van der Waals surface area contributed by atoms with Crippen LogP contribution < -0.4 is 5.32 Å². The van der Waals surface area contributed by atoms with Gasteiger partial charge in [0.25, 0.3) is 0 Å². The molecule has 1 aliphatic heterocycles. The summed E-state index contributed by atoms with van der Waals surface area (Å²) in [6.07, 6.45) is 0.790. The number of hydrogen-bond donors (Lipinski definition) is 2.